The lowest BCUT2D eigenvalue weighted by Gasteiger charge is -2.32. The highest BCUT2D eigenvalue weighted by atomic mass is 16.3. The van der Waals surface area contributed by atoms with Gasteiger partial charge in [-0.15, -0.1) is 0 Å². The van der Waals surface area contributed by atoms with Crippen LogP contribution < -0.4 is 5.43 Å². The average Bonchev–Trinajstić information content (AvgIpc) is 2.82. The highest BCUT2D eigenvalue weighted by Gasteiger charge is 2.30. The zero-order valence-electron chi connectivity index (χ0n) is 22.3. The summed E-state index contributed by atoms with van der Waals surface area (Å²) in [5, 5.41) is 0.501. The molecule has 192 valence electrons. The molecule has 0 bridgehead atoms. The van der Waals surface area contributed by atoms with Crippen molar-refractivity contribution in [2.45, 2.75) is 61.1 Å². The van der Waals surface area contributed by atoms with Crippen LogP contribution in [0.3, 0.4) is 0 Å². The first-order valence-corrected chi connectivity index (χ1v) is 12.6. The number of aryl methyl sites for hydroxylation is 1. The summed E-state index contributed by atoms with van der Waals surface area (Å²) in [5.74, 6) is 0.141. The molecule has 0 saturated heterocycles. The fraction of sp³-hybridized carbons (Fsp3) is 0.433. The van der Waals surface area contributed by atoms with Gasteiger partial charge in [0.05, 0.1) is 30.3 Å². The van der Waals surface area contributed by atoms with E-state index in [1.54, 1.807) is 15.9 Å². The van der Waals surface area contributed by atoms with E-state index >= 15 is 0 Å². The Bertz CT molecular complexity index is 1260. The van der Waals surface area contributed by atoms with Gasteiger partial charge in [0.25, 0.3) is 0 Å². The number of amides is 2. The number of carbonyl (C=O) groups is 2. The number of benzene rings is 2. The van der Waals surface area contributed by atoms with Gasteiger partial charge in [-0.1, -0.05) is 76.6 Å². The first-order valence-electron chi connectivity index (χ1n) is 12.6. The third-order valence-corrected chi connectivity index (χ3v) is 6.16. The predicted octanol–water partition coefficient (Wildman–Crippen LogP) is 5.55. The van der Waals surface area contributed by atoms with Crippen LogP contribution in [0.5, 0.6) is 0 Å². The molecule has 1 heterocycles. The molecule has 6 nitrogen and oxygen atoms in total. The standard InChI is InChI=1S/C30H38N2O4/c1-21(2)14-15-31(29(35)30(4,5)6)19-27(33)32(17-23-10-8-7-9-11-23)18-24-20-36-26-13-12-22(3)16-25(26)28(24)34/h7-13,16,20-21H,14-15,17-19H2,1-6H3. The van der Waals surface area contributed by atoms with Crippen LogP contribution in [-0.2, 0) is 22.7 Å². The van der Waals surface area contributed by atoms with E-state index in [4.69, 9.17) is 4.42 Å². The lowest BCUT2D eigenvalue weighted by Crippen LogP contribution is -2.47. The largest absolute Gasteiger partial charge is 0.464 e. The zero-order valence-corrected chi connectivity index (χ0v) is 22.3. The molecule has 0 radical (unpaired) electrons. The molecule has 0 fully saturated rings. The van der Waals surface area contributed by atoms with Gasteiger partial charge in [0.15, 0.2) is 5.43 Å². The third kappa shape index (κ3) is 7.06. The molecule has 0 aliphatic heterocycles. The first-order chi connectivity index (χ1) is 17.0. The van der Waals surface area contributed by atoms with E-state index in [1.165, 1.54) is 6.26 Å². The zero-order chi connectivity index (χ0) is 26.5. The van der Waals surface area contributed by atoms with Gasteiger partial charge < -0.3 is 14.2 Å². The summed E-state index contributed by atoms with van der Waals surface area (Å²) in [4.78, 5) is 43.4. The van der Waals surface area contributed by atoms with Gasteiger partial charge in [0.2, 0.25) is 11.8 Å². The fourth-order valence-corrected chi connectivity index (χ4v) is 4.04. The highest BCUT2D eigenvalue weighted by molar-refractivity contribution is 5.87. The second-order valence-electron chi connectivity index (χ2n) is 11.0. The van der Waals surface area contributed by atoms with E-state index < -0.39 is 5.41 Å². The second-order valence-corrected chi connectivity index (χ2v) is 11.0. The third-order valence-electron chi connectivity index (χ3n) is 6.16. The van der Waals surface area contributed by atoms with Crippen LogP contribution >= 0.6 is 0 Å². The van der Waals surface area contributed by atoms with Crippen molar-refractivity contribution in [1.82, 2.24) is 9.80 Å². The summed E-state index contributed by atoms with van der Waals surface area (Å²) < 4.78 is 5.74. The predicted molar refractivity (Wildman–Crippen MR) is 143 cm³/mol. The minimum atomic E-state index is -0.598. The van der Waals surface area contributed by atoms with Gasteiger partial charge in [-0.2, -0.15) is 0 Å². The molecule has 0 spiro atoms. The molecule has 0 aliphatic carbocycles. The van der Waals surface area contributed by atoms with E-state index in [0.717, 1.165) is 17.5 Å². The van der Waals surface area contributed by atoms with Crippen molar-refractivity contribution in [2.75, 3.05) is 13.1 Å². The summed E-state index contributed by atoms with van der Waals surface area (Å²) in [6.45, 7) is 12.6. The van der Waals surface area contributed by atoms with Crippen molar-refractivity contribution in [3.8, 4) is 0 Å². The molecule has 0 aliphatic rings. The van der Waals surface area contributed by atoms with Crippen LogP contribution in [0.4, 0.5) is 0 Å². The second kappa shape index (κ2) is 11.5. The Balaban J connectivity index is 1.93. The van der Waals surface area contributed by atoms with Gasteiger partial charge in [0.1, 0.15) is 5.58 Å². The number of hydrogen-bond donors (Lipinski definition) is 0. The summed E-state index contributed by atoms with van der Waals surface area (Å²) in [6.07, 6.45) is 2.25. The molecule has 36 heavy (non-hydrogen) atoms. The number of fused-ring (bicyclic) bond motifs is 1. The van der Waals surface area contributed by atoms with Crippen LogP contribution in [0.15, 0.2) is 64.0 Å². The van der Waals surface area contributed by atoms with Gasteiger partial charge in [0, 0.05) is 18.5 Å². The Morgan fingerprint density at radius 1 is 0.972 bits per heavy atom. The van der Waals surface area contributed by atoms with E-state index in [9.17, 15) is 14.4 Å². The maximum Gasteiger partial charge on any atom is 0.242 e. The highest BCUT2D eigenvalue weighted by Crippen LogP contribution is 2.20. The number of nitrogens with zero attached hydrogens (tertiary/aromatic N) is 2. The molecule has 2 aromatic carbocycles. The molecule has 3 aromatic rings. The molecule has 0 N–H and O–H groups in total. The summed E-state index contributed by atoms with van der Waals surface area (Å²) in [7, 11) is 0. The van der Waals surface area contributed by atoms with Crippen molar-refractivity contribution in [3.63, 3.8) is 0 Å². The van der Waals surface area contributed by atoms with E-state index in [2.05, 4.69) is 13.8 Å². The molecular formula is C30H38N2O4. The van der Waals surface area contributed by atoms with Gasteiger partial charge in [-0.05, 0) is 37.0 Å². The Morgan fingerprint density at radius 3 is 2.31 bits per heavy atom. The Morgan fingerprint density at radius 2 is 1.67 bits per heavy atom. The van der Waals surface area contributed by atoms with E-state index in [-0.39, 0.29) is 30.3 Å². The molecule has 0 saturated carbocycles. The quantitative estimate of drug-likeness (QED) is 0.394. The molecule has 1 aromatic heterocycles. The van der Waals surface area contributed by atoms with E-state index in [1.807, 2.05) is 70.2 Å². The van der Waals surface area contributed by atoms with Crippen molar-refractivity contribution in [3.05, 3.63) is 81.7 Å². The average molecular weight is 491 g/mol. The van der Waals surface area contributed by atoms with Crippen molar-refractivity contribution < 1.29 is 14.0 Å². The Kier molecular flexibility index (Phi) is 8.72. The number of rotatable bonds is 9. The topological polar surface area (TPSA) is 70.8 Å². The summed E-state index contributed by atoms with van der Waals surface area (Å²) in [6, 6.07) is 15.1. The number of hydrogen-bond acceptors (Lipinski definition) is 4. The summed E-state index contributed by atoms with van der Waals surface area (Å²) in [5.41, 5.74) is 2.10. The Hall–Kier alpha value is -3.41. The SMILES string of the molecule is Cc1ccc2occ(CN(Cc3ccccc3)C(=O)CN(CCC(C)C)C(=O)C(C)(C)C)c(=O)c2c1. The molecule has 6 heteroatoms. The lowest BCUT2D eigenvalue weighted by molar-refractivity contribution is -0.146. The Labute approximate surface area is 213 Å². The molecule has 0 atom stereocenters. The van der Waals surface area contributed by atoms with Gasteiger partial charge in [-0.3, -0.25) is 14.4 Å². The van der Waals surface area contributed by atoms with Crippen LogP contribution in [-0.4, -0.2) is 34.7 Å². The summed E-state index contributed by atoms with van der Waals surface area (Å²) >= 11 is 0. The first kappa shape index (κ1) is 27.2. The van der Waals surface area contributed by atoms with E-state index in [0.29, 0.717) is 35.5 Å². The molecule has 2 amide bonds. The van der Waals surface area contributed by atoms with Gasteiger partial charge in [-0.25, -0.2) is 0 Å². The van der Waals surface area contributed by atoms with Crippen molar-refractivity contribution in [1.29, 1.82) is 0 Å². The maximum absolute atomic E-state index is 13.7. The maximum atomic E-state index is 13.7. The van der Waals surface area contributed by atoms with Gasteiger partial charge >= 0.3 is 0 Å². The minimum Gasteiger partial charge on any atom is -0.464 e. The van der Waals surface area contributed by atoms with Crippen LogP contribution in [0.1, 0.15) is 57.7 Å². The van der Waals surface area contributed by atoms with Crippen LogP contribution in [0.2, 0.25) is 0 Å². The lowest BCUT2D eigenvalue weighted by atomic mass is 9.94. The minimum absolute atomic E-state index is 0.0340. The van der Waals surface area contributed by atoms with Crippen LogP contribution in [0.25, 0.3) is 11.0 Å². The van der Waals surface area contributed by atoms with Crippen molar-refractivity contribution >= 4 is 22.8 Å². The monoisotopic (exact) mass is 490 g/mol. The smallest absolute Gasteiger partial charge is 0.242 e. The molecule has 0 unspecified atom stereocenters. The normalized spacial score (nSPS) is 11.6. The molecule has 3 rings (SSSR count). The fourth-order valence-electron chi connectivity index (χ4n) is 4.04. The van der Waals surface area contributed by atoms with Crippen LogP contribution in [0, 0.1) is 18.3 Å². The number of carbonyl (C=O) groups excluding carboxylic acids is 2. The molecular weight excluding hydrogens is 452 g/mol. The van der Waals surface area contributed by atoms with Crippen molar-refractivity contribution in [2.24, 2.45) is 11.3 Å².